The Bertz CT molecular complexity index is 1360. The van der Waals surface area contributed by atoms with Crippen LogP contribution in [0.4, 0.5) is 13.2 Å². The van der Waals surface area contributed by atoms with Gasteiger partial charge in [0, 0.05) is 10.9 Å². The van der Waals surface area contributed by atoms with Gasteiger partial charge in [-0.3, -0.25) is 4.79 Å². The van der Waals surface area contributed by atoms with Gasteiger partial charge in [0.05, 0.1) is 22.3 Å². The van der Waals surface area contributed by atoms with Gasteiger partial charge >= 0.3 is 6.18 Å². The first-order valence-corrected chi connectivity index (χ1v) is 9.41. The van der Waals surface area contributed by atoms with E-state index in [4.69, 9.17) is 6.42 Å². The number of aromatic nitrogens is 1. The van der Waals surface area contributed by atoms with Gasteiger partial charge in [0.1, 0.15) is 0 Å². The molecule has 0 N–H and O–H groups in total. The van der Waals surface area contributed by atoms with E-state index in [9.17, 15) is 18.0 Å². The van der Waals surface area contributed by atoms with Crippen LogP contribution in [0.5, 0.6) is 0 Å². The van der Waals surface area contributed by atoms with Crippen molar-refractivity contribution in [1.82, 2.24) is 4.57 Å². The average molecular weight is 410 g/mol. The zero-order chi connectivity index (χ0) is 20.6. The molecule has 0 spiro atoms. The van der Waals surface area contributed by atoms with Crippen LogP contribution in [0.15, 0.2) is 65.7 Å². The summed E-state index contributed by atoms with van der Waals surface area (Å²) in [4.78, 5) is 17.0. The summed E-state index contributed by atoms with van der Waals surface area (Å²) in [5.74, 6) is 1.79. The lowest BCUT2D eigenvalue weighted by Gasteiger charge is -2.06. The standard InChI is InChI=1S/C22H13F3N2OS/c1-2-12-27-18-11-10-14-6-3-4-9-17(14)19(18)29-21(27)26-20(28)15-7-5-8-16(13-15)22(23,24)25/h1,3-11,13H,12H2. The zero-order valence-corrected chi connectivity index (χ0v) is 15.7. The Kier molecular flexibility index (Phi) is 4.73. The Morgan fingerprint density at radius 3 is 2.66 bits per heavy atom. The van der Waals surface area contributed by atoms with E-state index in [0.717, 1.165) is 33.1 Å². The fourth-order valence-electron chi connectivity index (χ4n) is 3.11. The van der Waals surface area contributed by atoms with Crippen molar-refractivity contribution >= 4 is 38.2 Å². The summed E-state index contributed by atoms with van der Waals surface area (Å²) >= 11 is 1.28. The minimum Gasteiger partial charge on any atom is -0.305 e. The normalized spacial score (nSPS) is 12.4. The Morgan fingerprint density at radius 2 is 1.90 bits per heavy atom. The van der Waals surface area contributed by atoms with Crippen molar-refractivity contribution in [1.29, 1.82) is 0 Å². The number of terminal acetylenes is 1. The van der Waals surface area contributed by atoms with Crippen LogP contribution in [0.1, 0.15) is 15.9 Å². The third-order valence-electron chi connectivity index (χ3n) is 4.46. The van der Waals surface area contributed by atoms with E-state index in [1.165, 1.54) is 23.5 Å². The van der Waals surface area contributed by atoms with Crippen molar-refractivity contribution in [3.05, 3.63) is 76.6 Å². The van der Waals surface area contributed by atoms with E-state index in [0.29, 0.717) is 4.80 Å². The molecule has 4 aromatic rings. The second-order valence-electron chi connectivity index (χ2n) is 6.31. The number of amides is 1. The van der Waals surface area contributed by atoms with Gasteiger partial charge in [0.15, 0.2) is 4.80 Å². The van der Waals surface area contributed by atoms with E-state index in [2.05, 4.69) is 10.9 Å². The van der Waals surface area contributed by atoms with Crippen LogP contribution >= 0.6 is 11.3 Å². The minimum atomic E-state index is -4.53. The number of hydrogen-bond acceptors (Lipinski definition) is 2. The van der Waals surface area contributed by atoms with E-state index >= 15 is 0 Å². The molecule has 4 rings (SSSR count). The number of carbonyl (C=O) groups excluding carboxylic acids is 1. The van der Waals surface area contributed by atoms with Crippen molar-refractivity contribution in [2.75, 3.05) is 0 Å². The molecular weight excluding hydrogens is 397 g/mol. The molecule has 0 aliphatic heterocycles. The van der Waals surface area contributed by atoms with Crippen LogP contribution < -0.4 is 4.80 Å². The Balaban J connectivity index is 1.90. The summed E-state index contributed by atoms with van der Waals surface area (Å²) in [6.07, 6.45) is 0.953. The average Bonchev–Trinajstić information content (AvgIpc) is 3.05. The predicted molar refractivity (Wildman–Crippen MR) is 107 cm³/mol. The summed E-state index contributed by atoms with van der Waals surface area (Å²) < 4.78 is 41.5. The van der Waals surface area contributed by atoms with Gasteiger partial charge in [0.2, 0.25) is 0 Å². The Hall–Kier alpha value is -3.37. The first kappa shape index (κ1) is 19.0. The summed E-state index contributed by atoms with van der Waals surface area (Å²) in [6.45, 7) is 0.188. The second kappa shape index (κ2) is 7.22. The Morgan fingerprint density at radius 1 is 1.10 bits per heavy atom. The highest BCUT2D eigenvalue weighted by Crippen LogP contribution is 2.30. The van der Waals surface area contributed by atoms with Crippen LogP contribution in [-0.2, 0) is 12.7 Å². The van der Waals surface area contributed by atoms with Crippen molar-refractivity contribution in [3.8, 4) is 12.3 Å². The number of fused-ring (bicyclic) bond motifs is 3. The van der Waals surface area contributed by atoms with Gasteiger partial charge in [0.25, 0.3) is 5.91 Å². The molecule has 144 valence electrons. The summed E-state index contributed by atoms with van der Waals surface area (Å²) in [5, 5.41) is 2.03. The molecule has 29 heavy (non-hydrogen) atoms. The van der Waals surface area contributed by atoms with Crippen LogP contribution in [-0.4, -0.2) is 10.5 Å². The summed E-state index contributed by atoms with van der Waals surface area (Å²) in [6, 6.07) is 15.9. The summed E-state index contributed by atoms with van der Waals surface area (Å²) in [7, 11) is 0. The molecule has 3 nitrogen and oxygen atoms in total. The molecule has 1 aromatic heterocycles. The third kappa shape index (κ3) is 3.55. The lowest BCUT2D eigenvalue weighted by Crippen LogP contribution is -2.16. The molecule has 0 aliphatic carbocycles. The molecule has 0 aliphatic rings. The molecule has 1 amide bonds. The molecule has 3 aromatic carbocycles. The molecule has 0 bridgehead atoms. The van der Waals surface area contributed by atoms with Crippen LogP contribution in [0.25, 0.3) is 21.0 Å². The first-order chi connectivity index (χ1) is 13.9. The van der Waals surface area contributed by atoms with Crippen LogP contribution in [0.2, 0.25) is 0 Å². The highest BCUT2D eigenvalue weighted by atomic mass is 32.1. The second-order valence-corrected chi connectivity index (χ2v) is 7.28. The van der Waals surface area contributed by atoms with Crippen molar-refractivity contribution in [2.24, 2.45) is 4.99 Å². The van der Waals surface area contributed by atoms with Gasteiger partial charge in [-0.15, -0.1) is 6.42 Å². The maximum Gasteiger partial charge on any atom is 0.416 e. The number of halogens is 3. The van der Waals surface area contributed by atoms with Gasteiger partial charge in [-0.2, -0.15) is 18.2 Å². The number of rotatable bonds is 2. The number of thiazole rings is 1. The SMILES string of the molecule is C#CCn1c(=NC(=O)c2cccc(C(F)(F)F)c2)sc2c3ccccc3ccc21. The molecule has 0 fully saturated rings. The van der Waals surface area contributed by atoms with Crippen molar-refractivity contribution in [3.63, 3.8) is 0 Å². The van der Waals surface area contributed by atoms with Crippen molar-refractivity contribution in [2.45, 2.75) is 12.7 Å². The monoisotopic (exact) mass is 410 g/mol. The van der Waals surface area contributed by atoms with E-state index < -0.39 is 17.6 Å². The van der Waals surface area contributed by atoms with Crippen LogP contribution in [0.3, 0.4) is 0 Å². The lowest BCUT2D eigenvalue weighted by atomic mass is 10.1. The Labute approximate surface area is 167 Å². The zero-order valence-electron chi connectivity index (χ0n) is 14.9. The van der Waals surface area contributed by atoms with Gasteiger partial charge in [-0.25, -0.2) is 0 Å². The number of hydrogen-bond donors (Lipinski definition) is 0. The number of benzene rings is 3. The van der Waals surface area contributed by atoms with Gasteiger partial charge in [-0.05, 0) is 29.7 Å². The fraction of sp³-hybridized carbons (Fsp3) is 0.0909. The van der Waals surface area contributed by atoms with E-state index in [1.54, 1.807) is 4.57 Å². The quantitative estimate of drug-likeness (QED) is 0.416. The number of alkyl halides is 3. The predicted octanol–water partition coefficient (Wildman–Crippen LogP) is 5.25. The minimum absolute atomic E-state index is 0.130. The largest absolute Gasteiger partial charge is 0.416 e. The van der Waals surface area contributed by atoms with Gasteiger partial charge < -0.3 is 4.57 Å². The maximum atomic E-state index is 12.9. The van der Waals surface area contributed by atoms with E-state index in [-0.39, 0.29) is 12.1 Å². The molecule has 0 radical (unpaired) electrons. The molecule has 7 heteroatoms. The smallest absolute Gasteiger partial charge is 0.305 e. The summed E-state index contributed by atoms with van der Waals surface area (Å²) in [5.41, 5.74) is -0.200. The highest BCUT2D eigenvalue weighted by molar-refractivity contribution is 7.17. The lowest BCUT2D eigenvalue weighted by molar-refractivity contribution is -0.137. The number of carbonyl (C=O) groups is 1. The molecule has 0 saturated heterocycles. The molecule has 1 heterocycles. The highest BCUT2D eigenvalue weighted by Gasteiger charge is 2.30. The fourth-order valence-corrected chi connectivity index (χ4v) is 4.27. The van der Waals surface area contributed by atoms with Gasteiger partial charge in [-0.1, -0.05) is 53.7 Å². The van der Waals surface area contributed by atoms with Crippen LogP contribution in [0, 0.1) is 12.3 Å². The third-order valence-corrected chi connectivity index (χ3v) is 5.58. The van der Waals surface area contributed by atoms with Crippen molar-refractivity contribution < 1.29 is 18.0 Å². The molecular formula is C22H13F3N2OS. The number of nitrogens with zero attached hydrogens (tertiary/aromatic N) is 2. The first-order valence-electron chi connectivity index (χ1n) is 8.59. The molecule has 0 atom stereocenters. The van der Waals surface area contributed by atoms with E-state index in [1.807, 2.05) is 36.4 Å². The maximum absolute atomic E-state index is 12.9. The molecule has 0 saturated carbocycles. The topological polar surface area (TPSA) is 34.4 Å². The molecule has 0 unspecified atom stereocenters.